The molecule has 0 aromatic carbocycles. The molecule has 1 aliphatic heterocycles. The SMILES string of the molecule is CCCC1CN(CC(C)(C)CCOC)CCCN1. The summed E-state index contributed by atoms with van der Waals surface area (Å²) in [7, 11) is 1.79. The number of nitrogens with zero attached hydrogens (tertiary/aromatic N) is 1. The normalized spacial score (nSPS) is 23.0. The molecular weight excluding hydrogens is 224 g/mol. The number of hydrogen-bond donors (Lipinski definition) is 1. The Bertz CT molecular complexity index is 219. The van der Waals surface area contributed by atoms with Crippen LogP contribution in [0.25, 0.3) is 0 Å². The monoisotopic (exact) mass is 256 g/mol. The van der Waals surface area contributed by atoms with E-state index in [2.05, 4.69) is 31.0 Å². The van der Waals surface area contributed by atoms with Gasteiger partial charge in [0, 0.05) is 32.8 Å². The zero-order valence-corrected chi connectivity index (χ0v) is 12.8. The topological polar surface area (TPSA) is 24.5 Å². The number of nitrogens with one attached hydrogen (secondary N) is 1. The van der Waals surface area contributed by atoms with Gasteiger partial charge in [0.2, 0.25) is 0 Å². The van der Waals surface area contributed by atoms with Crippen LogP contribution in [-0.4, -0.2) is 50.8 Å². The molecule has 1 unspecified atom stereocenters. The minimum atomic E-state index is 0.358. The summed E-state index contributed by atoms with van der Waals surface area (Å²) in [6.07, 6.45) is 5.00. The van der Waals surface area contributed by atoms with Crippen molar-refractivity contribution in [2.45, 2.75) is 52.5 Å². The van der Waals surface area contributed by atoms with E-state index in [-0.39, 0.29) is 0 Å². The molecule has 1 atom stereocenters. The Hall–Kier alpha value is -0.120. The van der Waals surface area contributed by atoms with Crippen LogP contribution in [0.4, 0.5) is 0 Å². The summed E-state index contributed by atoms with van der Waals surface area (Å²) in [6.45, 7) is 12.7. The molecule has 1 saturated heterocycles. The minimum Gasteiger partial charge on any atom is -0.385 e. The molecule has 108 valence electrons. The van der Waals surface area contributed by atoms with Gasteiger partial charge >= 0.3 is 0 Å². The van der Waals surface area contributed by atoms with Crippen LogP contribution in [0.15, 0.2) is 0 Å². The van der Waals surface area contributed by atoms with Crippen molar-refractivity contribution in [3.8, 4) is 0 Å². The molecule has 18 heavy (non-hydrogen) atoms. The lowest BCUT2D eigenvalue weighted by molar-refractivity contribution is 0.114. The summed E-state index contributed by atoms with van der Waals surface area (Å²) in [6, 6.07) is 0.690. The first-order valence-electron chi connectivity index (χ1n) is 7.52. The van der Waals surface area contributed by atoms with E-state index in [1.807, 2.05) is 0 Å². The van der Waals surface area contributed by atoms with Crippen LogP contribution in [0.2, 0.25) is 0 Å². The first kappa shape index (κ1) is 15.9. The number of ether oxygens (including phenoxy) is 1. The molecule has 0 radical (unpaired) electrons. The van der Waals surface area contributed by atoms with Crippen molar-refractivity contribution >= 4 is 0 Å². The molecule has 1 fully saturated rings. The second-order valence-corrected chi connectivity index (χ2v) is 6.44. The van der Waals surface area contributed by atoms with Gasteiger partial charge in [0.15, 0.2) is 0 Å². The van der Waals surface area contributed by atoms with Gasteiger partial charge in [-0.15, -0.1) is 0 Å². The summed E-state index contributed by atoms with van der Waals surface area (Å²) in [5.41, 5.74) is 0.358. The van der Waals surface area contributed by atoms with Gasteiger partial charge in [-0.1, -0.05) is 27.2 Å². The molecule has 1 N–H and O–H groups in total. The molecule has 1 heterocycles. The Labute approximate surface area is 113 Å². The van der Waals surface area contributed by atoms with Crippen LogP contribution >= 0.6 is 0 Å². The molecule has 1 rings (SSSR count). The van der Waals surface area contributed by atoms with E-state index in [0.29, 0.717) is 11.5 Å². The summed E-state index contributed by atoms with van der Waals surface area (Å²) in [5.74, 6) is 0. The molecule has 0 aromatic heterocycles. The van der Waals surface area contributed by atoms with Crippen molar-refractivity contribution in [2.75, 3.05) is 39.9 Å². The lowest BCUT2D eigenvalue weighted by Gasteiger charge is -2.33. The second-order valence-electron chi connectivity index (χ2n) is 6.44. The van der Waals surface area contributed by atoms with E-state index in [4.69, 9.17) is 4.74 Å². The van der Waals surface area contributed by atoms with E-state index < -0.39 is 0 Å². The fourth-order valence-electron chi connectivity index (χ4n) is 2.82. The van der Waals surface area contributed by atoms with Crippen LogP contribution < -0.4 is 5.32 Å². The average Bonchev–Trinajstić information content (AvgIpc) is 2.52. The third kappa shape index (κ3) is 6.17. The maximum Gasteiger partial charge on any atom is 0.0467 e. The summed E-state index contributed by atoms with van der Waals surface area (Å²) >= 11 is 0. The fraction of sp³-hybridized carbons (Fsp3) is 1.00. The molecule has 3 nitrogen and oxygen atoms in total. The largest absolute Gasteiger partial charge is 0.385 e. The summed E-state index contributed by atoms with van der Waals surface area (Å²) < 4.78 is 5.22. The number of rotatable bonds is 7. The highest BCUT2D eigenvalue weighted by Crippen LogP contribution is 2.22. The van der Waals surface area contributed by atoms with E-state index in [1.165, 1.54) is 45.4 Å². The number of methoxy groups -OCH3 is 1. The van der Waals surface area contributed by atoms with Gasteiger partial charge in [0.25, 0.3) is 0 Å². The minimum absolute atomic E-state index is 0.358. The van der Waals surface area contributed by atoms with Gasteiger partial charge in [0.1, 0.15) is 0 Å². The zero-order chi connectivity index (χ0) is 13.4. The van der Waals surface area contributed by atoms with Gasteiger partial charge in [-0.25, -0.2) is 0 Å². The summed E-state index contributed by atoms with van der Waals surface area (Å²) in [4.78, 5) is 2.65. The van der Waals surface area contributed by atoms with Gasteiger partial charge < -0.3 is 15.0 Å². The smallest absolute Gasteiger partial charge is 0.0467 e. The predicted octanol–water partition coefficient (Wildman–Crippen LogP) is 2.51. The van der Waals surface area contributed by atoms with Crippen LogP contribution in [0, 0.1) is 5.41 Å². The Morgan fingerprint density at radius 1 is 1.39 bits per heavy atom. The Morgan fingerprint density at radius 3 is 2.83 bits per heavy atom. The van der Waals surface area contributed by atoms with E-state index in [9.17, 15) is 0 Å². The van der Waals surface area contributed by atoms with Crippen LogP contribution in [0.1, 0.15) is 46.5 Å². The molecule has 0 saturated carbocycles. The number of hydrogen-bond acceptors (Lipinski definition) is 3. The van der Waals surface area contributed by atoms with Crippen molar-refractivity contribution < 1.29 is 4.74 Å². The molecule has 0 bridgehead atoms. The lowest BCUT2D eigenvalue weighted by Crippen LogP contribution is -2.41. The standard InChI is InChI=1S/C15H32N2O/c1-5-7-14-12-17(10-6-9-16-14)13-15(2,3)8-11-18-4/h14,16H,5-13H2,1-4H3. The third-order valence-electron chi connectivity index (χ3n) is 3.83. The van der Waals surface area contributed by atoms with Gasteiger partial charge in [-0.2, -0.15) is 0 Å². The van der Waals surface area contributed by atoms with Crippen molar-refractivity contribution in [1.29, 1.82) is 0 Å². The first-order valence-corrected chi connectivity index (χ1v) is 7.52. The highest BCUT2D eigenvalue weighted by Gasteiger charge is 2.24. The molecule has 0 spiro atoms. The maximum atomic E-state index is 5.22. The second kappa shape index (κ2) is 8.13. The maximum absolute atomic E-state index is 5.22. The molecule has 3 heteroatoms. The van der Waals surface area contributed by atoms with Crippen LogP contribution in [-0.2, 0) is 4.74 Å². The van der Waals surface area contributed by atoms with Crippen molar-refractivity contribution in [2.24, 2.45) is 5.41 Å². The van der Waals surface area contributed by atoms with Crippen LogP contribution in [0.3, 0.4) is 0 Å². The van der Waals surface area contributed by atoms with Crippen LogP contribution in [0.5, 0.6) is 0 Å². The van der Waals surface area contributed by atoms with Gasteiger partial charge in [0.05, 0.1) is 0 Å². The molecule has 1 aliphatic rings. The van der Waals surface area contributed by atoms with Gasteiger partial charge in [-0.3, -0.25) is 0 Å². The molecule has 0 aromatic rings. The first-order chi connectivity index (χ1) is 8.57. The fourth-order valence-corrected chi connectivity index (χ4v) is 2.82. The Morgan fingerprint density at radius 2 is 2.17 bits per heavy atom. The Kier molecular flexibility index (Phi) is 7.20. The van der Waals surface area contributed by atoms with E-state index in [1.54, 1.807) is 7.11 Å². The summed E-state index contributed by atoms with van der Waals surface area (Å²) in [5, 5.41) is 3.68. The van der Waals surface area contributed by atoms with Crippen molar-refractivity contribution in [1.82, 2.24) is 10.2 Å². The molecule has 0 amide bonds. The highest BCUT2D eigenvalue weighted by molar-refractivity contribution is 4.80. The van der Waals surface area contributed by atoms with Gasteiger partial charge in [-0.05, 0) is 37.8 Å². The van der Waals surface area contributed by atoms with Crippen molar-refractivity contribution in [3.05, 3.63) is 0 Å². The lowest BCUT2D eigenvalue weighted by atomic mass is 9.89. The van der Waals surface area contributed by atoms with E-state index in [0.717, 1.165) is 13.0 Å². The van der Waals surface area contributed by atoms with E-state index >= 15 is 0 Å². The Balaban J connectivity index is 2.42. The zero-order valence-electron chi connectivity index (χ0n) is 12.8. The van der Waals surface area contributed by atoms with Crippen molar-refractivity contribution in [3.63, 3.8) is 0 Å². The molecular formula is C15H32N2O. The molecule has 0 aliphatic carbocycles. The average molecular weight is 256 g/mol. The highest BCUT2D eigenvalue weighted by atomic mass is 16.5. The third-order valence-corrected chi connectivity index (χ3v) is 3.83. The quantitative estimate of drug-likeness (QED) is 0.757. The predicted molar refractivity (Wildman–Crippen MR) is 78.0 cm³/mol.